The molecular weight excluding hydrogens is 224 g/mol. The normalized spacial score (nSPS) is 10.0. The van der Waals surface area contributed by atoms with Crippen LogP contribution < -0.4 is 10.2 Å². The smallest absolute Gasteiger partial charge is 0.321 e. The molecule has 2 amide bonds. The van der Waals surface area contributed by atoms with Crippen LogP contribution in [0.25, 0.3) is 0 Å². The first-order valence-corrected chi connectivity index (χ1v) is 5.71. The topological polar surface area (TPSA) is 32.3 Å². The number of nitrogens with zero attached hydrogens (tertiary/aromatic N) is 1. The summed E-state index contributed by atoms with van der Waals surface area (Å²) in [5, 5.41) is 3.46. The van der Waals surface area contributed by atoms with Crippen molar-refractivity contribution < 1.29 is 4.79 Å². The van der Waals surface area contributed by atoms with E-state index >= 15 is 0 Å². The number of benzene rings is 1. The summed E-state index contributed by atoms with van der Waals surface area (Å²) in [6, 6.07) is 5.41. The maximum absolute atomic E-state index is 11.7. The van der Waals surface area contributed by atoms with Crippen molar-refractivity contribution in [3.05, 3.63) is 28.8 Å². The molecule has 1 N–H and O–H groups in total. The lowest BCUT2D eigenvalue weighted by Gasteiger charge is -2.20. The second-order valence-electron chi connectivity index (χ2n) is 3.72. The number of hydrogen-bond acceptors (Lipinski definition) is 1. The van der Waals surface area contributed by atoms with Gasteiger partial charge in [0.2, 0.25) is 0 Å². The Hall–Kier alpha value is -1.22. The monoisotopic (exact) mass is 240 g/mol. The first kappa shape index (κ1) is 12.8. The third-order valence-electron chi connectivity index (χ3n) is 2.36. The molecule has 0 aliphatic heterocycles. The zero-order valence-corrected chi connectivity index (χ0v) is 10.6. The van der Waals surface area contributed by atoms with E-state index in [0.717, 1.165) is 17.7 Å². The van der Waals surface area contributed by atoms with Crippen LogP contribution in [-0.4, -0.2) is 19.6 Å². The molecular formula is C12H17ClN2O. The Labute approximate surface area is 101 Å². The Morgan fingerprint density at radius 1 is 1.50 bits per heavy atom. The molecule has 0 aliphatic carbocycles. The highest BCUT2D eigenvalue weighted by Gasteiger charge is 2.12. The number of amides is 2. The molecule has 0 radical (unpaired) electrons. The molecule has 4 heteroatoms. The Bertz CT molecular complexity index is 379. The summed E-state index contributed by atoms with van der Waals surface area (Å²) in [6.07, 6.45) is 0.925. The third-order valence-corrected chi connectivity index (χ3v) is 2.60. The van der Waals surface area contributed by atoms with Gasteiger partial charge in [-0.3, -0.25) is 4.90 Å². The number of hydrogen-bond donors (Lipinski definition) is 1. The van der Waals surface area contributed by atoms with Gasteiger partial charge >= 0.3 is 6.03 Å². The van der Waals surface area contributed by atoms with Crippen molar-refractivity contribution in [1.29, 1.82) is 0 Å². The van der Waals surface area contributed by atoms with E-state index in [1.807, 2.05) is 26.0 Å². The van der Waals surface area contributed by atoms with Crippen LogP contribution in [0.4, 0.5) is 10.5 Å². The highest BCUT2D eigenvalue weighted by atomic mass is 35.5. The van der Waals surface area contributed by atoms with Gasteiger partial charge < -0.3 is 5.32 Å². The lowest BCUT2D eigenvalue weighted by atomic mass is 10.2. The van der Waals surface area contributed by atoms with Crippen LogP contribution >= 0.6 is 11.6 Å². The van der Waals surface area contributed by atoms with E-state index in [1.54, 1.807) is 18.0 Å². The number of halogens is 1. The van der Waals surface area contributed by atoms with Gasteiger partial charge in [0.25, 0.3) is 0 Å². The molecule has 0 fully saturated rings. The second-order valence-corrected chi connectivity index (χ2v) is 4.16. The van der Waals surface area contributed by atoms with Gasteiger partial charge in [-0.15, -0.1) is 0 Å². The predicted octanol–water partition coefficient (Wildman–Crippen LogP) is 3.20. The molecule has 0 saturated heterocycles. The molecule has 16 heavy (non-hydrogen) atoms. The minimum Gasteiger partial charge on any atom is -0.338 e. The van der Waals surface area contributed by atoms with Crippen molar-refractivity contribution in [3.63, 3.8) is 0 Å². The molecule has 1 aromatic carbocycles. The lowest BCUT2D eigenvalue weighted by Crippen LogP contribution is -2.37. The zero-order valence-electron chi connectivity index (χ0n) is 9.88. The van der Waals surface area contributed by atoms with E-state index in [9.17, 15) is 4.79 Å². The molecule has 88 valence electrons. The highest BCUT2D eigenvalue weighted by molar-refractivity contribution is 6.31. The molecule has 0 aliphatic rings. The summed E-state index contributed by atoms with van der Waals surface area (Å²) < 4.78 is 0. The molecule has 3 nitrogen and oxygen atoms in total. The molecule has 0 unspecified atom stereocenters. The lowest BCUT2D eigenvalue weighted by molar-refractivity contribution is 0.247. The molecule has 1 rings (SSSR count). The molecule has 0 atom stereocenters. The molecule has 0 saturated carbocycles. The number of anilines is 1. The van der Waals surface area contributed by atoms with E-state index in [-0.39, 0.29) is 6.03 Å². The predicted molar refractivity (Wildman–Crippen MR) is 68.3 cm³/mol. The molecule has 0 aromatic heterocycles. The Morgan fingerprint density at radius 2 is 2.19 bits per heavy atom. The summed E-state index contributed by atoms with van der Waals surface area (Å²) in [5.41, 5.74) is 1.86. The maximum Gasteiger partial charge on any atom is 0.321 e. The molecule has 1 aromatic rings. The van der Waals surface area contributed by atoms with Gasteiger partial charge in [0.1, 0.15) is 0 Å². The number of carbonyl (C=O) groups is 1. The standard InChI is InChI=1S/C12H17ClN2O/c1-4-7-14-12(16)15(3)11-8-10(13)6-5-9(11)2/h5-6,8H,4,7H2,1-3H3,(H,14,16). The van der Waals surface area contributed by atoms with Crippen molar-refractivity contribution in [2.75, 3.05) is 18.5 Å². The Balaban J connectivity index is 2.82. The summed E-state index contributed by atoms with van der Waals surface area (Å²) in [4.78, 5) is 13.3. The van der Waals surface area contributed by atoms with Crippen LogP contribution in [-0.2, 0) is 0 Å². The second kappa shape index (κ2) is 5.75. The van der Waals surface area contributed by atoms with Gasteiger partial charge in [0, 0.05) is 24.3 Å². The largest absolute Gasteiger partial charge is 0.338 e. The fourth-order valence-corrected chi connectivity index (χ4v) is 1.57. The highest BCUT2D eigenvalue weighted by Crippen LogP contribution is 2.23. The first-order valence-electron chi connectivity index (χ1n) is 5.34. The van der Waals surface area contributed by atoms with Crippen LogP contribution in [0.1, 0.15) is 18.9 Å². The minimum absolute atomic E-state index is 0.104. The number of urea groups is 1. The average Bonchev–Trinajstić information content (AvgIpc) is 2.28. The number of rotatable bonds is 3. The van der Waals surface area contributed by atoms with Gasteiger partial charge in [0.05, 0.1) is 0 Å². The van der Waals surface area contributed by atoms with Crippen LogP contribution in [0.5, 0.6) is 0 Å². The van der Waals surface area contributed by atoms with Gasteiger partial charge in [-0.1, -0.05) is 24.6 Å². The summed E-state index contributed by atoms with van der Waals surface area (Å²) in [6.45, 7) is 4.66. The number of aryl methyl sites for hydroxylation is 1. The number of nitrogens with one attached hydrogen (secondary N) is 1. The fraction of sp³-hybridized carbons (Fsp3) is 0.417. The molecule has 0 heterocycles. The first-order chi connectivity index (χ1) is 7.56. The van der Waals surface area contributed by atoms with Gasteiger partial charge in [-0.2, -0.15) is 0 Å². The van der Waals surface area contributed by atoms with E-state index in [1.165, 1.54) is 0 Å². The van der Waals surface area contributed by atoms with E-state index in [2.05, 4.69) is 5.32 Å². The Morgan fingerprint density at radius 3 is 2.81 bits per heavy atom. The van der Waals surface area contributed by atoms with Crippen LogP contribution in [0, 0.1) is 6.92 Å². The van der Waals surface area contributed by atoms with Crippen molar-refractivity contribution in [3.8, 4) is 0 Å². The molecule has 0 spiro atoms. The maximum atomic E-state index is 11.7. The van der Waals surface area contributed by atoms with Crippen molar-refractivity contribution in [2.24, 2.45) is 0 Å². The van der Waals surface area contributed by atoms with E-state index in [0.29, 0.717) is 11.6 Å². The number of carbonyl (C=O) groups excluding carboxylic acids is 1. The van der Waals surface area contributed by atoms with Crippen LogP contribution in [0.3, 0.4) is 0 Å². The van der Waals surface area contributed by atoms with E-state index < -0.39 is 0 Å². The summed E-state index contributed by atoms with van der Waals surface area (Å²) in [5.74, 6) is 0. The van der Waals surface area contributed by atoms with Crippen LogP contribution in [0.2, 0.25) is 5.02 Å². The SMILES string of the molecule is CCCNC(=O)N(C)c1cc(Cl)ccc1C. The third kappa shape index (κ3) is 3.14. The quantitative estimate of drug-likeness (QED) is 0.865. The molecule has 0 bridgehead atoms. The van der Waals surface area contributed by atoms with Crippen LogP contribution in [0.15, 0.2) is 18.2 Å². The zero-order chi connectivity index (χ0) is 12.1. The average molecular weight is 241 g/mol. The Kier molecular flexibility index (Phi) is 4.62. The van der Waals surface area contributed by atoms with Gasteiger partial charge in [0.15, 0.2) is 0 Å². The summed E-state index contributed by atoms with van der Waals surface area (Å²) >= 11 is 5.91. The van der Waals surface area contributed by atoms with E-state index in [4.69, 9.17) is 11.6 Å². The van der Waals surface area contributed by atoms with Crippen molar-refractivity contribution >= 4 is 23.3 Å². The van der Waals surface area contributed by atoms with Crippen molar-refractivity contribution in [2.45, 2.75) is 20.3 Å². The van der Waals surface area contributed by atoms with Crippen molar-refractivity contribution in [1.82, 2.24) is 5.32 Å². The summed E-state index contributed by atoms with van der Waals surface area (Å²) in [7, 11) is 1.74. The fourth-order valence-electron chi connectivity index (χ4n) is 1.40. The van der Waals surface area contributed by atoms with Gasteiger partial charge in [-0.25, -0.2) is 4.79 Å². The minimum atomic E-state index is -0.104. The van der Waals surface area contributed by atoms with Gasteiger partial charge in [-0.05, 0) is 31.0 Å².